The molecule has 1 unspecified atom stereocenters. The summed E-state index contributed by atoms with van der Waals surface area (Å²) in [4.78, 5) is 39.1. The van der Waals surface area contributed by atoms with Crippen molar-refractivity contribution in [1.29, 1.82) is 0 Å². The van der Waals surface area contributed by atoms with E-state index >= 15 is 0 Å². The van der Waals surface area contributed by atoms with Gasteiger partial charge < -0.3 is 24.7 Å². The highest BCUT2D eigenvalue weighted by Gasteiger charge is 2.42. The molecule has 3 aliphatic rings. The Morgan fingerprint density at radius 2 is 1.55 bits per heavy atom. The molecule has 0 radical (unpaired) electrons. The SMILES string of the molecule is O=C(O)C(F)(F)F.O=C(O)C(F)(F)F.O=C(c1cccnc1)N1CCC2(CCN(CC3CCOC3)CC2)C1. The molecule has 1 aromatic heterocycles. The number of carbonyl (C=O) groups is 3. The van der Waals surface area contributed by atoms with E-state index in [0.717, 1.165) is 38.6 Å². The van der Waals surface area contributed by atoms with Gasteiger partial charge in [-0.1, -0.05) is 0 Å². The van der Waals surface area contributed by atoms with Gasteiger partial charge in [-0.15, -0.1) is 0 Å². The van der Waals surface area contributed by atoms with E-state index in [-0.39, 0.29) is 5.91 Å². The molecule has 1 spiro atoms. The minimum absolute atomic E-state index is 0.144. The van der Waals surface area contributed by atoms with Gasteiger partial charge in [0.15, 0.2) is 0 Å². The van der Waals surface area contributed by atoms with Gasteiger partial charge in [0.25, 0.3) is 5.91 Å². The molecule has 3 fully saturated rings. The highest BCUT2D eigenvalue weighted by atomic mass is 19.4. The number of hydrogen-bond donors (Lipinski definition) is 2. The van der Waals surface area contributed by atoms with Crippen LogP contribution < -0.4 is 0 Å². The number of carbonyl (C=O) groups excluding carboxylic acids is 1. The number of amides is 1. The number of alkyl halides is 6. The number of nitrogens with zero attached hydrogens (tertiary/aromatic N) is 3. The van der Waals surface area contributed by atoms with Gasteiger partial charge in [-0.3, -0.25) is 9.78 Å². The molecule has 3 aliphatic heterocycles. The Morgan fingerprint density at radius 3 is 2.00 bits per heavy atom. The molecule has 4 heterocycles. The number of hydrogen-bond acceptors (Lipinski definition) is 6. The number of carboxylic acid groups (broad SMARTS) is 2. The Kier molecular flexibility index (Phi) is 10.9. The first-order valence-corrected chi connectivity index (χ1v) is 11.7. The number of rotatable bonds is 3. The van der Waals surface area contributed by atoms with Crippen molar-refractivity contribution in [2.24, 2.45) is 11.3 Å². The van der Waals surface area contributed by atoms with E-state index in [1.165, 1.54) is 38.9 Å². The van der Waals surface area contributed by atoms with Gasteiger partial charge in [-0.2, -0.15) is 26.3 Å². The lowest BCUT2D eigenvalue weighted by atomic mass is 9.77. The van der Waals surface area contributed by atoms with Crippen molar-refractivity contribution in [2.45, 2.75) is 38.0 Å². The number of aromatic nitrogens is 1. The first-order chi connectivity index (χ1) is 17.6. The molecule has 15 heteroatoms. The Hall–Kier alpha value is -2.94. The van der Waals surface area contributed by atoms with Crippen LogP contribution >= 0.6 is 0 Å². The van der Waals surface area contributed by atoms with Crippen LogP contribution in [0, 0.1) is 11.3 Å². The molecular formula is C23H29F6N3O6. The second-order valence-electron chi connectivity index (χ2n) is 9.35. The van der Waals surface area contributed by atoms with E-state index in [1.807, 2.05) is 17.0 Å². The predicted molar refractivity (Wildman–Crippen MR) is 119 cm³/mol. The largest absolute Gasteiger partial charge is 0.490 e. The number of pyridine rings is 1. The number of piperidine rings is 1. The summed E-state index contributed by atoms with van der Waals surface area (Å²) in [6.45, 7) is 7.22. The second kappa shape index (κ2) is 13.2. The number of halogens is 6. The summed E-state index contributed by atoms with van der Waals surface area (Å²) >= 11 is 0. The average Bonchev–Trinajstić information content (AvgIpc) is 3.51. The maximum absolute atomic E-state index is 12.6. The number of aliphatic carboxylic acids is 2. The van der Waals surface area contributed by atoms with Crippen LogP contribution in [-0.2, 0) is 14.3 Å². The highest BCUT2D eigenvalue weighted by Crippen LogP contribution is 2.41. The van der Waals surface area contributed by atoms with Crippen molar-refractivity contribution in [3.8, 4) is 0 Å². The van der Waals surface area contributed by atoms with E-state index in [4.69, 9.17) is 24.5 Å². The third kappa shape index (κ3) is 9.74. The molecule has 0 aliphatic carbocycles. The molecule has 1 atom stereocenters. The summed E-state index contributed by atoms with van der Waals surface area (Å²) in [6.07, 6.45) is -1.96. The van der Waals surface area contributed by atoms with Crippen LogP contribution in [0.3, 0.4) is 0 Å². The van der Waals surface area contributed by atoms with Crippen LogP contribution in [-0.4, -0.2) is 101 Å². The van der Waals surface area contributed by atoms with Gasteiger partial charge in [0.1, 0.15) is 0 Å². The molecule has 0 saturated carbocycles. The molecular weight excluding hydrogens is 528 g/mol. The van der Waals surface area contributed by atoms with E-state index in [1.54, 1.807) is 12.4 Å². The van der Waals surface area contributed by atoms with E-state index < -0.39 is 24.3 Å². The Bertz CT molecular complexity index is 906. The maximum atomic E-state index is 12.6. The van der Waals surface area contributed by atoms with Crippen molar-refractivity contribution in [2.75, 3.05) is 45.9 Å². The molecule has 214 valence electrons. The van der Waals surface area contributed by atoms with Gasteiger partial charge in [-0.05, 0) is 62.2 Å². The van der Waals surface area contributed by atoms with E-state index in [2.05, 4.69) is 9.88 Å². The topological polar surface area (TPSA) is 120 Å². The molecule has 2 N–H and O–H groups in total. The van der Waals surface area contributed by atoms with Crippen molar-refractivity contribution < 1.29 is 55.7 Å². The molecule has 1 aromatic rings. The van der Waals surface area contributed by atoms with Gasteiger partial charge in [0.2, 0.25) is 0 Å². The smallest absolute Gasteiger partial charge is 0.475 e. The zero-order valence-corrected chi connectivity index (χ0v) is 20.3. The number of ether oxygens (including phenoxy) is 1. The van der Waals surface area contributed by atoms with Gasteiger partial charge in [0, 0.05) is 38.6 Å². The molecule has 38 heavy (non-hydrogen) atoms. The number of carboxylic acids is 2. The van der Waals surface area contributed by atoms with Crippen LogP contribution in [0.25, 0.3) is 0 Å². The Labute approximate surface area is 214 Å². The summed E-state index contributed by atoms with van der Waals surface area (Å²) in [6, 6.07) is 3.71. The zero-order chi connectivity index (χ0) is 28.6. The summed E-state index contributed by atoms with van der Waals surface area (Å²) in [5.74, 6) is -4.64. The van der Waals surface area contributed by atoms with Crippen LogP contribution in [0.1, 0.15) is 36.0 Å². The average molecular weight is 557 g/mol. The monoisotopic (exact) mass is 557 g/mol. The van der Waals surface area contributed by atoms with Crippen LogP contribution in [0.15, 0.2) is 24.5 Å². The minimum atomic E-state index is -5.08. The Morgan fingerprint density at radius 1 is 1.00 bits per heavy atom. The highest BCUT2D eigenvalue weighted by molar-refractivity contribution is 5.94. The molecule has 4 rings (SSSR count). The molecule has 9 nitrogen and oxygen atoms in total. The summed E-state index contributed by atoms with van der Waals surface area (Å²) < 4.78 is 69.0. The predicted octanol–water partition coefficient (Wildman–Crippen LogP) is 3.31. The van der Waals surface area contributed by atoms with Crippen molar-refractivity contribution in [1.82, 2.24) is 14.8 Å². The molecule has 0 bridgehead atoms. The standard InChI is InChI=1S/C19H27N3O2.2C2HF3O2/c23-18(17-2-1-7-20-12-17)22-10-6-19(15-22)4-8-21(9-5-19)13-16-3-11-24-14-16;2*3-2(4,5)1(6)7/h1-2,7,12,16H,3-6,8-11,13-15H2;2*(H,6,7). The van der Waals surface area contributed by atoms with Crippen molar-refractivity contribution in [3.63, 3.8) is 0 Å². The van der Waals surface area contributed by atoms with Crippen LogP contribution in [0.5, 0.6) is 0 Å². The van der Waals surface area contributed by atoms with Crippen LogP contribution in [0.2, 0.25) is 0 Å². The molecule has 3 saturated heterocycles. The molecule has 0 aromatic carbocycles. The first kappa shape index (κ1) is 31.3. The fraction of sp³-hybridized carbons (Fsp3) is 0.652. The normalized spacial score (nSPS) is 21.2. The lowest BCUT2D eigenvalue weighted by Gasteiger charge is -2.40. The quantitative estimate of drug-likeness (QED) is 0.544. The van der Waals surface area contributed by atoms with Crippen LogP contribution in [0.4, 0.5) is 26.3 Å². The summed E-state index contributed by atoms with van der Waals surface area (Å²) in [7, 11) is 0. The van der Waals surface area contributed by atoms with E-state index in [0.29, 0.717) is 11.0 Å². The molecule has 1 amide bonds. The van der Waals surface area contributed by atoms with Gasteiger partial charge >= 0.3 is 24.3 Å². The zero-order valence-electron chi connectivity index (χ0n) is 20.3. The minimum Gasteiger partial charge on any atom is -0.475 e. The third-order valence-electron chi connectivity index (χ3n) is 6.58. The summed E-state index contributed by atoms with van der Waals surface area (Å²) in [5.41, 5.74) is 1.06. The van der Waals surface area contributed by atoms with Gasteiger partial charge in [0.05, 0.1) is 12.2 Å². The van der Waals surface area contributed by atoms with Crippen molar-refractivity contribution >= 4 is 17.8 Å². The fourth-order valence-corrected chi connectivity index (χ4v) is 4.49. The van der Waals surface area contributed by atoms with Crippen molar-refractivity contribution in [3.05, 3.63) is 30.1 Å². The third-order valence-corrected chi connectivity index (χ3v) is 6.58. The first-order valence-electron chi connectivity index (χ1n) is 11.7. The fourth-order valence-electron chi connectivity index (χ4n) is 4.49. The second-order valence-corrected chi connectivity index (χ2v) is 9.35. The lowest BCUT2D eigenvalue weighted by Crippen LogP contribution is -2.43. The van der Waals surface area contributed by atoms with Gasteiger partial charge in [-0.25, -0.2) is 9.59 Å². The van der Waals surface area contributed by atoms with E-state index in [9.17, 15) is 31.1 Å². The maximum Gasteiger partial charge on any atom is 0.490 e. The number of likely N-dealkylation sites (tertiary alicyclic amines) is 2. The Balaban J connectivity index is 0.000000301. The summed E-state index contributed by atoms with van der Waals surface area (Å²) in [5, 5.41) is 14.2. The lowest BCUT2D eigenvalue weighted by molar-refractivity contribution is -0.193.